The zero-order valence-electron chi connectivity index (χ0n) is 11.6. The van der Waals surface area contributed by atoms with Gasteiger partial charge in [0.1, 0.15) is 0 Å². The van der Waals surface area contributed by atoms with Crippen LogP contribution in [0.1, 0.15) is 0 Å². The number of methoxy groups -OCH3 is 1. The third kappa shape index (κ3) is 4.53. The number of benzene rings is 1. The molecule has 0 radical (unpaired) electrons. The highest BCUT2D eigenvalue weighted by molar-refractivity contribution is 5.94. The molecule has 8 nitrogen and oxygen atoms in total. The first-order valence-corrected chi connectivity index (χ1v) is 6.39. The van der Waals surface area contributed by atoms with Crippen molar-refractivity contribution in [2.75, 3.05) is 38.9 Å². The minimum atomic E-state index is -0.423. The maximum atomic E-state index is 11.7. The standard InChI is InChI=1S/C13H17N3O5/c1-19-5-4-14-13(18)15-7-12(17)16-9-2-3-10-11(6-9)21-8-20-10/h2-3,6H,4-5,7-8H2,1H3,(H,16,17)(H2,14,15,18). The number of rotatable bonds is 6. The van der Waals surface area contributed by atoms with Gasteiger partial charge >= 0.3 is 6.03 Å². The summed E-state index contributed by atoms with van der Waals surface area (Å²) in [4.78, 5) is 23.0. The van der Waals surface area contributed by atoms with Gasteiger partial charge in [-0.25, -0.2) is 4.79 Å². The van der Waals surface area contributed by atoms with Crippen LogP contribution in [0.4, 0.5) is 10.5 Å². The smallest absolute Gasteiger partial charge is 0.315 e. The molecule has 21 heavy (non-hydrogen) atoms. The van der Waals surface area contributed by atoms with E-state index in [9.17, 15) is 9.59 Å². The fourth-order valence-electron chi connectivity index (χ4n) is 1.67. The van der Waals surface area contributed by atoms with E-state index in [-0.39, 0.29) is 19.2 Å². The number of nitrogens with one attached hydrogen (secondary N) is 3. The van der Waals surface area contributed by atoms with Crippen molar-refractivity contribution < 1.29 is 23.8 Å². The molecule has 1 heterocycles. The molecule has 3 N–H and O–H groups in total. The first-order valence-electron chi connectivity index (χ1n) is 6.39. The van der Waals surface area contributed by atoms with E-state index in [0.29, 0.717) is 30.3 Å². The van der Waals surface area contributed by atoms with Crippen LogP contribution in [-0.2, 0) is 9.53 Å². The first kappa shape index (κ1) is 14.9. The summed E-state index contributed by atoms with van der Waals surface area (Å²) in [6.45, 7) is 0.839. The lowest BCUT2D eigenvalue weighted by Crippen LogP contribution is -2.41. The van der Waals surface area contributed by atoms with Crippen LogP contribution in [0.5, 0.6) is 11.5 Å². The molecule has 0 unspecified atom stereocenters. The number of hydrogen-bond acceptors (Lipinski definition) is 5. The van der Waals surface area contributed by atoms with Gasteiger partial charge in [-0.3, -0.25) is 4.79 Å². The van der Waals surface area contributed by atoms with Crippen molar-refractivity contribution >= 4 is 17.6 Å². The largest absolute Gasteiger partial charge is 0.454 e. The zero-order valence-corrected chi connectivity index (χ0v) is 11.6. The Morgan fingerprint density at radius 1 is 1.24 bits per heavy atom. The van der Waals surface area contributed by atoms with Gasteiger partial charge in [0.15, 0.2) is 11.5 Å². The minimum Gasteiger partial charge on any atom is -0.454 e. The lowest BCUT2D eigenvalue weighted by molar-refractivity contribution is -0.115. The molecule has 1 aromatic rings. The molecule has 0 saturated heterocycles. The molecular weight excluding hydrogens is 278 g/mol. The predicted octanol–water partition coefficient (Wildman–Crippen LogP) is 0.299. The topological polar surface area (TPSA) is 97.9 Å². The Bertz CT molecular complexity index is 521. The Kier molecular flexibility index (Phi) is 5.22. The summed E-state index contributed by atoms with van der Waals surface area (Å²) in [6, 6.07) is 4.65. The van der Waals surface area contributed by atoms with E-state index in [1.807, 2.05) is 0 Å². The van der Waals surface area contributed by atoms with E-state index in [0.717, 1.165) is 0 Å². The quantitative estimate of drug-likeness (QED) is 0.656. The van der Waals surface area contributed by atoms with E-state index in [1.165, 1.54) is 0 Å². The molecule has 0 aromatic heterocycles. The number of fused-ring (bicyclic) bond motifs is 1. The third-order valence-electron chi connectivity index (χ3n) is 2.66. The molecule has 0 fully saturated rings. The van der Waals surface area contributed by atoms with Crippen LogP contribution >= 0.6 is 0 Å². The molecule has 1 aliphatic rings. The summed E-state index contributed by atoms with van der Waals surface area (Å²) < 4.78 is 15.2. The van der Waals surface area contributed by atoms with Crippen molar-refractivity contribution in [3.63, 3.8) is 0 Å². The van der Waals surface area contributed by atoms with Gasteiger partial charge < -0.3 is 30.2 Å². The Labute approximate surface area is 121 Å². The highest BCUT2D eigenvalue weighted by Crippen LogP contribution is 2.34. The van der Waals surface area contributed by atoms with Crippen LogP contribution in [0.15, 0.2) is 18.2 Å². The van der Waals surface area contributed by atoms with Crippen molar-refractivity contribution in [2.45, 2.75) is 0 Å². The van der Waals surface area contributed by atoms with E-state index in [1.54, 1.807) is 25.3 Å². The van der Waals surface area contributed by atoms with E-state index in [4.69, 9.17) is 14.2 Å². The summed E-state index contributed by atoms with van der Waals surface area (Å²) >= 11 is 0. The van der Waals surface area contributed by atoms with E-state index in [2.05, 4.69) is 16.0 Å². The molecule has 0 bridgehead atoms. The molecule has 1 aliphatic heterocycles. The Hall–Kier alpha value is -2.48. The second-order valence-electron chi connectivity index (χ2n) is 4.22. The number of ether oxygens (including phenoxy) is 3. The number of carbonyl (C=O) groups is 2. The van der Waals surface area contributed by atoms with Gasteiger partial charge in [-0.15, -0.1) is 0 Å². The fourth-order valence-corrected chi connectivity index (χ4v) is 1.67. The summed E-state index contributed by atoms with van der Waals surface area (Å²) in [5, 5.41) is 7.64. The van der Waals surface area contributed by atoms with Crippen LogP contribution in [0.3, 0.4) is 0 Å². The number of amides is 3. The van der Waals surface area contributed by atoms with Crippen molar-refractivity contribution in [2.24, 2.45) is 0 Å². The van der Waals surface area contributed by atoms with Gasteiger partial charge in [0, 0.05) is 25.4 Å². The van der Waals surface area contributed by atoms with Gasteiger partial charge in [-0.1, -0.05) is 0 Å². The molecule has 114 valence electrons. The second-order valence-corrected chi connectivity index (χ2v) is 4.22. The Morgan fingerprint density at radius 2 is 2.05 bits per heavy atom. The van der Waals surface area contributed by atoms with Crippen molar-refractivity contribution in [1.29, 1.82) is 0 Å². The minimum absolute atomic E-state index is 0.132. The van der Waals surface area contributed by atoms with Crippen molar-refractivity contribution in [3.8, 4) is 11.5 Å². The molecule has 0 atom stereocenters. The maximum Gasteiger partial charge on any atom is 0.315 e. The second kappa shape index (κ2) is 7.34. The SMILES string of the molecule is COCCNC(=O)NCC(=O)Nc1ccc2c(c1)OCO2. The molecule has 8 heteroatoms. The van der Waals surface area contributed by atoms with Gasteiger partial charge in [0.2, 0.25) is 12.7 Å². The van der Waals surface area contributed by atoms with E-state index >= 15 is 0 Å². The average Bonchev–Trinajstić information content (AvgIpc) is 2.93. The maximum absolute atomic E-state index is 11.7. The van der Waals surface area contributed by atoms with Gasteiger partial charge in [-0.2, -0.15) is 0 Å². The zero-order chi connectivity index (χ0) is 15.1. The highest BCUT2D eigenvalue weighted by Gasteiger charge is 2.14. The normalized spacial score (nSPS) is 11.9. The fraction of sp³-hybridized carbons (Fsp3) is 0.385. The average molecular weight is 295 g/mol. The Morgan fingerprint density at radius 3 is 2.86 bits per heavy atom. The summed E-state index contributed by atoms with van der Waals surface area (Å²) in [5.74, 6) is 0.887. The van der Waals surface area contributed by atoms with E-state index < -0.39 is 6.03 Å². The molecule has 0 spiro atoms. The highest BCUT2D eigenvalue weighted by atomic mass is 16.7. The van der Waals surface area contributed by atoms with Crippen LogP contribution < -0.4 is 25.4 Å². The van der Waals surface area contributed by atoms with Gasteiger partial charge in [-0.05, 0) is 12.1 Å². The van der Waals surface area contributed by atoms with Crippen LogP contribution in [0.25, 0.3) is 0 Å². The number of carbonyl (C=O) groups excluding carboxylic acids is 2. The third-order valence-corrected chi connectivity index (χ3v) is 2.66. The summed E-state index contributed by atoms with van der Waals surface area (Å²) in [5.41, 5.74) is 0.575. The molecule has 1 aromatic carbocycles. The first-order chi connectivity index (χ1) is 10.2. The lowest BCUT2D eigenvalue weighted by Gasteiger charge is -2.08. The lowest BCUT2D eigenvalue weighted by atomic mass is 10.3. The number of urea groups is 1. The molecule has 3 amide bonds. The van der Waals surface area contributed by atoms with Gasteiger partial charge in [0.25, 0.3) is 0 Å². The van der Waals surface area contributed by atoms with Crippen molar-refractivity contribution in [3.05, 3.63) is 18.2 Å². The summed E-state index contributed by atoms with van der Waals surface area (Å²) in [7, 11) is 1.54. The van der Waals surface area contributed by atoms with Crippen LogP contribution in [-0.4, -0.2) is 45.5 Å². The number of hydrogen-bond donors (Lipinski definition) is 3. The predicted molar refractivity (Wildman–Crippen MR) is 74.5 cm³/mol. The van der Waals surface area contributed by atoms with Crippen LogP contribution in [0.2, 0.25) is 0 Å². The molecular formula is C13H17N3O5. The molecule has 0 saturated carbocycles. The van der Waals surface area contributed by atoms with Crippen LogP contribution in [0, 0.1) is 0 Å². The summed E-state index contributed by atoms with van der Waals surface area (Å²) in [6.07, 6.45) is 0. The monoisotopic (exact) mass is 295 g/mol. The molecule has 2 rings (SSSR count). The number of anilines is 1. The molecule has 0 aliphatic carbocycles. The van der Waals surface area contributed by atoms with Gasteiger partial charge in [0.05, 0.1) is 13.2 Å². The Balaban J connectivity index is 1.73. The van der Waals surface area contributed by atoms with Crippen molar-refractivity contribution in [1.82, 2.24) is 10.6 Å².